The van der Waals surface area contributed by atoms with Gasteiger partial charge < -0.3 is 6.15 Å². The minimum absolute atomic E-state index is 0. The van der Waals surface area contributed by atoms with Gasteiger partial charge in [0.1, 0.15) is 0 Å². The summed E-state index contributed by atoms with van der Waals surface area (Å²) >= 11 is 0. The molecule has 0 amide bonds. The van der Waals surface area contributed by atoms with Crippen molar-refractivity contribution in [3.8, 4) is 0 Å². The maximum Gasteiger partial charge on any atom is -0.0305 e. The van der Waals surface area contributed by atoms with Gasteiger partial charge in [0.15, 0.2) is 0 Å². The molecule has 0 heterocycles. The van der Waals surface area contributed by atoms with Gasteiger partial charge in [-0.2, -0.15) is 0 Å². The second-order valence-electron chi connectivity index (χ2n) is 2.06. The van der Waals surface area contributed by atoms with E-state index in [1.54, 1.807) is 6.08 Å². The van der Waals surface area contributed by atoms with Crippen LogP contribution in [0, 0.1) is 0 Å². The van der Waals surface area contributed by atoms with Crippen molar-refractivity contribution in [2.75, 3.05) is 0 Å². The highest BCUT2D eigenvalue weighted by Gasteiger charge is 1.89. The molecule has 0 bridgehead atoms. The summed E-state index contributed by atoms with van der Waals surface area (Å²) in [7, 11) is 0. The van der Waals surface area contributed by atoms with Gasteiger partial charge in [0.05, 0.1) is 0 Å². The van der Waals surface area contributed by atoms with Crippen LogP contribution in [0.15, 0.2) is 36.5 Å². The predicted molar refractivity (Wildman–Crippen MR) is 48.4 cm³/mol. The van der Waals surface area contributed by atoms with Gasteiger partial charge in [0.2, 0.25) is 0 Å². The molecule has 0 spiro atoms. The van der Waals surface area contributed by atoms with Crippen molar-refractivity contribution >= 4 is 0 Å². The fourth-order valence-corrected chi connectivity index (χ4v) is 0.704. The number of hydrogen-bond donors (Lipinski definition) is 1. The predicted octanol–water partition coefficient (Wildman–Crippen LogP) is 3.25. The van der Waals surface area contributed by atoms with Gasteiger partial charge in [0.25, 0.3) is 0 Å². The summed E-state index contributed by atoms with van der Waals surface area (Å²) in [5, 5.41) is 0. The standard InChI is InChI=1S/C9H14.H3N/c1-5-7-9(6-2)8(3)4;/h5,7H,1,3,6H2,2,4H3;1H3/b9-7-;. The van der Waals surface area contributed by atoms with Gasteiger partial charge in [-0.3, -0.25) is 0 Å². The van der Waals surface area contributed by atoms with E-state index in [4.69, 9.17) is 0 Å². The Morgan fingerprint density at radius 2 is 2.00 bits per heavy atom. The molecular weight excluding hydrogens is 122 g/mol. The zero-order valence-corrected chi connectivity index (χ0v) is 6.98. The van der Waals surface area contributed by atoms with Crippen LogP contribution in [0.2, 0.25) is 0 Å². The Kier molecular flexibility index (Phi) is 7.51. The van der Waals surface area contributed by atoms with Gasteiger partial charge in [-0.1, -0.05) is 37.8 Å². The molecule has 0 aromatic heterocycles. The van der Waals surface area contributed by atoms with E-state index in [1.807, 2.05) is 13.0 Å². The molecule has 0 aliphatic carbocycles. The van der Waals surface area contributed by atoms with Crippen molar-refractivity contribution in [3.63, 3.8) is 0 Å². The lowest BCUT2D eigenvalue weighted by atomic mass is 10.1. The Balaban J connectivity index is 0. The van der Waals surface area contributed by atoms with Crippen molar-refractivity contribution in [2.45, 2.75) is 20.3 Å². The molecule has 0 fully saturated rings. The Morgan fingerprint density at radius 3 is 2.10 bits per heavy atom. The van der Waals surface area contributed by atoms with Crippen LogP contribution in [-0.4, -0.2) is 0 Å². The van der Waals surface area contributed by atoms with E-state index >= 15 is 0 Å². The highest BCUT2D eigenvalue weighted by Crippen LogP contribution is 2.09. The first-order valence-corrected chi connectivity index (χ1v) is 3.19. The first-order valence-electron chi connectivity index (χ1n) is 3.19. The number of rotatable bonds is 3. The van der Waals surface area contributed by atoms with Crippen molar-refractivity contribution in [1.82, 2.24) is 6.15 Å². The Labute approximate surface area is 63.7 Å². The van der Waals surface area contributed by atoms with Crippen LogP contribution in [0.4, 0.5) is 0 Å². The van der Waals surface area contributed by atoms with Gasteiger partial charge in [-0.25, -0.2) is 0 Å². The maximum atomic E-state index is 3.83. The molecule has 1 heteroatoms. The summed E-state index contributed by atoms with van der Waals surface area (Å²) in [6.07, 6.45) is 4.84. The zero-order valence-electron chi connectivity index (χ0n) is 6.98. The van der Waals surface area contributed by atoms with Crippen LogP contribution in [0.25, 0.3) is 0 Å². The Bertz CT molecular complexity index is 143. The molecule has 0 aliphatic heterocycles. The normalized spacial score (nSPS) is 10.0. The maximum absolute atomic E-state index is 3.83. The molecule has 1 nitrogen and oxygen atoms in total. The third-order valence-corrected chi connectivity index (χ3v) is 1.25. The van der Waals surface area contributed by atoms with E-state index in [1.165, 1.54) is 5.57 Å². The third kappa shape index (κ3) is 4.10. The largest absolute Gasteiger partial charge is 0.344 e. The molecule has 0 aromatic carbocycles. The molecule has 0 aromatic rings. The van der Waals surface area contributed by atoms with Gasteiger partial charge in [-0.05, 0) is 18.9 Å². The highest BCUT2D eigenvalue weighted by molar-refractivity contribution is 5.28. The highest BCUT2D eigenvalue weighted by atomic mass is 14.0. The molecular formula is C9H17N. The summed E-state index contributed by atoms with van der Waals surface area (Å²) in [5.74, 6) is 0. The molecule has 58 valence electrons. The first kappa shape index (κ1) is 11.9. The molecule has 10 heavy (non-hydrogen) atoms. The van der Waals surface area contributed by atoms with Crippen LogP contribution in [-0.2, 0) is 0 Å². The molecule has 0 saturated heterocycles. The Hall–Kier alpha value is -0.820. The lowest BCUT2D eigenvalue weighted by Crippen LogP contribution is -1.78. The van der Waals surface area contributed by atoms with E-state index in [9.17, 15) is 0 Å². The van der Waals surface area contributed by atoms with Crippen LogP contribution in [0.5, 0.6) is 0 Å². The fourth-order valence-electron chi connectivity index (χ4n) is 0.704. The summed E-state index contributed by atoms with van der Waals surface area (Å²) in [5.41, 5.74) is 2.42. The topological polar surface area (TPSA) is 35.0 Å². The molecule has 0 rings (SSSR count). The van der Waals surface area contributed by atoms with Crippen LogP contribution < -0.4 is 6.15 Å². The van der Waals surface area contributed by atoms with Crippen LogP contribution in [0.1, 0.15) is 20.3 Å². The van der Waals surface area contributed by atoms with Crippen molar-refractivity contribution < 1.29 is 0 Å². The average molecular weight is 139 g/mol. The van der Waals surface area contributed by atoms with Crippen molar-refractivity contribution in [3.05, 3.63) is 36.5 Å². The summed E-state index contributed by atoms with van der Waals surface area (Å²) in [6, 6.07) is 0. The smallest absolute Gasteiger partial charge is 0.0305 e. The van der Waals surface area contributed by atoms with Crippen LogP contribution >= 0.6 is 0 Å². The molecule has 0 saturated carbocycles. The molecule has 3 N–H and O–H groups in total. The van der Waals surface area contributed by atoms with Crippen molar-refractivity contribution in [1.29, 1.82) is 0 Å². The average Bonchev–Trinajstić information content (AvgIpc) is 1.82. The molecule has 0 radical (unpaired) electrons. The SMILES string of the molecule is C=C/C=C(/CC)C(=C)C.N. The Morgan fingerprint density at radius 1 is 1.50 bits per heavy atom. The second kappa shape index (κ2) is 6.30. The minimum atomic E-state index is 0. The monoisotopic (exact) mass is 139 g/mol. The van der Waals surface area contributed by atoms with Gasteiger partial charge in [0, 0.05) is 0 Å². The molecule has 0 unspecified atom stereocenters. The summed E-state index contributed by atoms with van der Waals surface area (Å²) < 4.78 is 0. The third-order valence-electron chi connectivity index (χ3n) is 1.25. The molecule has 0 atom stereocenters. The lowest BCUT2D eigenvalue weighted by Gasteiger charge is -1.99. The summed E-state index contributed by atoms with van der Waals surface area (Å²) in [6.45, 7) is 11.6. The minimum Gasteiger partial charge on any atom is -0.344 e. The zero-order chi connectivity index (χ0) is 7.28. The van der Waals surface area contributed by atoms with E-state index in [0.717, 1.165) is 12.0 Å². The van der Waals surface area contributed by atoms with E-state index in [-0.39, 0.29) is 6.15 Å². The first-order chi connectivity index (χ1) is 4.22. The van der Waals surface area contributed by atoms with E-state index in [0.29, 0.717) is 0 Å². The van der Waals surface area contributed by atoms with Crippen LogP contribution in [0.3, 0.4) is 0 Å². The fraction of sp³-hybridized carbons (Fsp3) is 0.333. The quantitative estimate of drug-likeness (QED) is 0.598. The van der Waals surface area contributed by atoms with Gasteiger partial charge >= 0.3 is 0 Å². The van der Waals surface area contributed by atoms with Crippen molar-refractivity contribution in [2.24, 2.45) is 0 Å². The van der Waals surface area contributed by atoms with E-state index < -0.39 is 0 Å². The van der Waals surface area contributed by atoms with E-state index in [2.05, 4.69) is 20.1 Å². The second-order valence-corrected chi connectivity index (χ2v) is 2.06. The lowest BCUT2D eigenvalue weighted by molar-refractivity contribution is 1.11. The number of allylic oxidation sites excluding steroid dienone is 4. The summed E-state index contributed by atoms with van der Waals surface area (Å²) in [4.78, 5) is 0. The van der Waals surface area contributed by atoms with Gasteiger partial charge in [-0.15, -0.1) is 0 Å². The number of hydrogen-bond acceptors (Lipinski definition) is 1. The molecule has 0 aliphatic rings.